The molecule has 2 heterocycles. The Morgan fingerprint density at radius 2 is 2.03 bits per heavy atom. The summed E-state index contributed by atoms with van der Waals surface area (Å²) in [4.78, 5) is 24.2. The largest absolute Gasteiger partial charge is 0.478 e. The van der Waals surface area contributed by atoms with Crippen molar-refractivity contribution >= 4 is 28.7 Å². The summed E-state index contributed by atoms with van der Waals surface area (Å²) in [5.74, 6) is 0.135. The maximum Gasteiger partial charge on any atom is 0.214 e. The van der Waals surface area contributed by atoms with E-state index in [4.69, 9.17) is 4.74 Å². The standard InChI is InChI=1S/C24H28FN5O2/c1-26-24-19-11-18(16-5-8-23(28-13-16)32-10-4-9-29(2)3)20(25)12-21(19)27-14-22(24)30(15-31)17-6-7-17/h5,8,11-15,17H,4,6-7,9-10H2,1-3H3,(H,26,27). The highest BCUT2D eigenvalue weighted by molar-refractivity contribution is 6.02. The van der Waals surface area contributed by atoms with Gasteiger partial charge in [-0.05, 0) is 45.5 Å². The number of halogens is 1. The molecular formula is C24H28FN5O2. The molecule has 0 unspecified atom stereocenters. The lowest BCUT2D eigenvalue weighted by Crippen LogP contribution is -2.24. The molecule has 1 saturated carbocycles. The Hall–Kier alpha value is -3.26. The van der Waals surface area contributed by atoms with Gasteiger partial charge in [0.1, 0.15) is 5.82 Å². The molecule has 3 aromatic rings. The van der Waals surface area contributed by atoms with Crippen LogP contribution in [0.1, 0.15) is 19.3 Å². The fraction of sp³-hybridized carbons (Fsp3) is 0.375. The summed E-state index contributed by atoms with van der Waals surface area (Å²) in [6.07, 6.45) is 6.94. The van der Waals surface area contributed by atoms with Gasteiger partial charge in [0.2, 0.25) is 12.3 Å². The van der Waals surface area contributed by atoms with Crippen molar-refractivity contribution in [3.8, 4) is 17.0 Å². The van der Waals surface area contributed by atoms with Gasteiger partial charge in [0.05, 0.1) is 29.7 Å². The van der Waals surface area contributed by atoms with E-state index in [-0.39, 0.29) is 11.9 Å². The Balaban J connectivity index is 1.64. The van der Waals surface area contributed by atoms with Crippen molar-refractivity contribution < 1.29 is 13.9 Å². The number of fused-ring (bicyclic) bond motifs is 1. The number of nitrogens with zero attached hydrogens (tertiary/aromatic N) is 4. The van der Waals surface area contributed by atoms with Gasteiger partial charge in [0.15, 0.2) is 0 Å². The van der Waals surface area contributed by atoms with Gasteiger partial charge < -0.3 is 19.9 Å². The molecule has 1 N–H and O–H groups in total. The number of carbonyl (C=O) groups is 1. The van der Waals surface area contributed by atoms with Crippen LogP contribution in [0, 0.1) is 5.82 Å². The molecule has 1 fully saturated rings. The summed E-state index contributed by atoms with van der Waals surface area (Å²) in [5.41, 5.74) is 3.05. The minimum Gasteiger partial charge on any atom is -0.478 e. The van der Waals surface area contributed by atoms with E-state index < -0.39 is 0 Å². The van der Waals surface area contributed by atoms with Gasteiger partial charge in [-0.1, -0.05) is 0 Å². The number of benzene rings is 1. The van der Waals surface area contributed by atoms with E-state index in [9.17, 15) is 9.18 Å². The Bertz CT molecular complexity index is 1100. The third-order valence-corrected chi connectivity index (χ3v) is 5.57. The van der Waals surface area contributed by atoms with E-state index in [1.165, 1.54) is 6.07 Å². The summed E-state index contributed by atoms with van der Waals surface area (Å²) in [6, 6.07) is 6.94. The molecule has 7 nitrogen and oxygen atoms in total. The van der Waals surface area contributed by atoms with Crippen LogP contribution in [0.2, 0.25) is 0 Å². The second kappa shape index (κ2) is 9.48. The Morgan fingerprint density at radius 3 is 2.66 bits per heavy atom. The van der Waals surface area contributed by atoms with Crippen LogP contribution in [0.15, 0.2) is 36.7 Å². The van der Waals surface area contributed by atoms with Crippen molar-refractivity contribution in [2.45, 2.75) is 25.3 Å². The summed E-state index contributed by atoms with van der Waals surface area (Å²) in [7, 11) is 5.83. The molecule has 168 valence electrons. The van der Waals surface area contributed by atoms with Crippen LogP contribution in [-0.4, -0.2) is 61.6 Å². The Labute approximate surface area is 187 Å². The second-order valence-corrected chi connectivity index (χ2v) is 8.25. The zero-order chi connectivity index (χ0) is 22.7. The third-order valence-electron chi connectivity index (χ3n) is 5.57. The van der Waals surface area contributed by atoms with Gasteiger partial charge in [-0.25, -0.2) is 9.37 Å². The van der Waals surface area contributed by atoms with Gasteiger partial charge in [-0.3, -0.25) is 9.78 Å². The Morgan fingerprint density at radius 1 is 1.22 bits per heavy atom. The number of carbonyl (C=O) groups excluding carboxylic acids is 1. The SMILES string of the molecule is CNc1c(N(C=O)C2CC2)cnc2cc(F)c(-c3ccc(OCCCN(C)C)nc3)cc12. The van der Waals surface area contributed by atoms with Gasteiger partial charge in [-0.15, -0.1) is 0 Å². The minimum absolute atomic E-state index is 0.202. The predicted molar refractivity (Wildman–Crippen MR) is 125 cm³/mol. The highest BCUT2D eigenvalue weighted by atomic mass is 19.1. The van der Waals surface area contributed by atoms with Crippen molar-refractivity contribution in [3.63, 3.8) is 0 Å². The number of hydrogen-bond donors (Lipinski definition) is 1. The number of pyridine rings is 2. The Kier molecular flexibility index (Phi) is 6.50. The number of amides is 1. The first kappa shape index (κ1) is 22.0. The third kappa shape index (κ3) is 4.65. The molecule has 1 aromatic carbocycles. The molecule has 0 bridgehead atoms. The fourth-order valence-corrected chi connectivity index (χ4v) is 3.76. The number of nitrogens with one attached hydrogen (secondary N) is 1. The van der Waals surface area contributed by atoms with Crippen molar-refractivity contribution in [2.75, 3.05) is 44.5 Å². The maximum atomic E-state index is 14.9. The monoisotopic (exact) mass is 437 g/mol. The molecule has 0 saturated heterocycles. The zero-order valence-electron chi connectivity index (χ0n) is 18.6. The lowest BCUT2D eigenvalue weighted by Gasteiger charge is -2.21. The molecule has 0 atom stereocenters. The van der Waals surface area contributed by atoms with Gasteiger partial charge in [0, 0.05) is 54.5 Å². The van der Waals surface area contributed by atoms with E-state index in [1.54, 1.807) is 42.5 Å². The molecule has 1 aliphatic carbocycles. The van der Waals surface area contributed by atoms with E-state index >= 15 is 0 Å². The van der Waals surface area contributed by atoms with Gasteiger partial charge >= 0.3 is 0 Å². The van der Waals surface area contributed by atoms with E-state index in [2.05, 4.69) is 20.2 Å². The average molecular weight is 438 g/mol. The molecule has 8 heteroatoms. The van der Waals surface area contributed by atoms with E-state index in [0.29, 0.717) is 34.8 Å². The predicted octanol–water partition coefficient (Wildman–Crippen LogP) is 3.93. The first-order valence-corrected chi connectivity index (χ1v) is 10.8. The van der Waals surface area contributed by atoms with E-state index in [1.807, 2.05) is 14.1 Å². The molecule has 2 aromatic heterocycles. The van der Waals surface area contributed by atoms with Crippen LogP contribution in [0.25, 0.3) is 22.0 Å². The summed E-state index contributed by atoms with van der Waals surface area (Å²) >= 11 is 0. The first-order valence-electron chi connectivity index (χ1n) is 10.8. The van der Waals surface area contributed by atoms with Crippen molar-refractivity contribution in [1.29, 1.82) is 0 Å². The smallest absolute Gasteiger partial charge is 0.214 e. The van der Waals surface area contributed by atoms with Crippen molar-refractivity contribution in [3.05, 3.63) is 42.5 Å². The maximum absolute atomic E-state index is 14.9. The number of hydrogen-bond acceptors (Lipinski definition) is 6. The minimum atomic E-state index is -0.379. The van der Waals surface area contributed by atoms with Crippen LogP contribution in [0.4, 0.5) is 15.8 Å². The van der Waals surface area contributed by atoms with Crippen LogP contribution in [-0.2, 0) is 4.79 Å². The average Bonchev–Trinajstić information content (AvgIpc) is 3.62. The van der Waals surface area contributed by atoms with Crippen LogP contribution >= 0.6 is 0 Å². The highest BCUT2D eigenvalue weighted by Crippen LogP contribution is 2.39. The topological polar surface area (TPSA) is 70.6 Å². The van der Waals surface area contributed by atoms with Crippen LogP contribution in [0.3, 0.4) is 0 Å². The highest BCUT2D eigenvalue weighted by Gasteiger charge is 2.31. The summed E-state index contributed by atoms with van der Waals surface area (Å²) in [6.45, 7) is 1.51. The molecule has 1 aliphatic rings. The quantitative estimate of drug-likeness (QED) is 0.383. The summed E-state index contributed by atoms with van der Waals surface area (Å²) < 4.78 is 20.6. The van der Waals surface area contributed by atoms with Crippen molar-refractivity contribution in [2.24, 2.45) is 0 Å². The zero-order valence-corrected chi connectivity index (χ0v) is 18.6. The lowest BCUT2D eigenvalue weighted by atomic mass is 10.0. The van der Waals surface area contributed by atoms with Gasteiger partial charge in [0.25, 0.3) is 0 Å². The molecule has 4 rings (SSSR count). The molecule has 0 aliphatic heterocycles. The number of rotatable bonds is 10. The summed E-state index contributed by atoms with van der Waals surface area (Å²) in [5, 5.41) is 3.93. The molecule has 32 heavy (non-hydrogen) atoms. The number of ether oxygens (including phenoxy) is 1. The number of aromatic nitrogens is 2. The fourth-order valence-electron chi connectivity index (χ4n) is 3.76. The van der Waals surface area contributed by atoms with Crippen LogP contribution in [0.5, 0.6) is 5.88 Å². The molecule has 0 spiro atoms. The van der Waals surface area contributed by atoms with Crippen molar-refractivity contribution in [1.82, 2.24) is 14.9 Å². The number of anilines is 2. The first-order chi connectivity index (χ1) is 15.5. The van der Waals surface area contributed by atoms with Crippen LogP contribution < -0.4 is 15.0 Å². The lowest BCUT2D eigenvalue weighted by molar-refractivity contribution is -0.107. The molecule has 0 radical (unpaired) electrons. The second-order valence-electron chi connectivity index (χ2n) is 8.25. The van der Waals surface area contributed by atoms with Gasteiger partial charge in [-0.2, -0.15) is 0 Å². The molecule has 1 amide bonds. The normalized spacial score (nSPS) is 13.4. The molecular weight excluding hydrogens is 409 g/mol. The van der Waals surface area contributed by atoms with E-state index in [0.717, 1.165) is 43.3 Å².